The van der Waals surface area contributed by atoms with Gasteiger partial charge in [0.1, 0.15) is 5.75 Å². The van der Waals surface area contributed by atoms with Crippen LogP contribution in [0.3, 0.4) is 0 Å². The van der Waals surface area contributed by atoms with Gasteiger partial charge in [-0.2, -0.15) is 0 Å². The first-order valence-electron chi connectivity index (χ1n) is 14.5. The highest BCUT2D eigenvalue weighted by molar-refractivity contribution is 6.10. The van der Waals surface area contributed by atoms with Crippen molar-refractivity contribution >= 4 is 21.8 Å². The van der Waals surface area contributed by atoms with E-state index in [1.54, 1.807) is 7.11 Å². The van der Waals surface area contributed by atoms with Gasteiger partial charge < -0.3 is 9.30 Å². The fourth-order valence-corrected chi connectivity index (χ4v) is 5.99. The van der Waals surface area contributed by atoms with Crippen LogP contribution < -0.4 is 16.2 Å². The minimum atomic E-state index is -0.596. The van der Waals surface area contributed by atoms with Crippen LogP contribution in [0.15, 0.2) is 128 Å². The normalized spacial score (nSPS) is 11.4. The SMILES string of the molecule is COc1cccc(Cn2c3ccc(-c4cccc(-c5noc(=O)[nH]5)c4)cc3c3cc(-c4cccc(-c5noc(=O)[nH]5)c4)ccc32)c1. The first kappa shape index (κ1) is 27.2. The summed E-state index contributed by atoms with van der Waals surface area (Å²) in [5, 5.41) is 9.89. The quantitative estimate of drug-likeness (QED) is 0.202. The average Bonchev–Trinajstić information content (AvgIpc) is 3.82. The van der Waals surface area contributed by atoms with Gasteiger partial charge in [0.05, 0.1) is 7.11 Å². The molecule has 10 heteroatoms. The van der Waals surface area contributed by atoms with Gasteiger partial charge in [0.15, 0.2) is 11.6 Å². The third-order valence-corrected chi connectivity index (χ3v) is 8.16. The summed E-state index contributed by atoms with van der Waals surface area (Å²) in [5.74, 6) is 0.376. The van der Waals surface area contributed by atoms with Crippen LogP contribution in [-0.2, 0) is 6.54 Å². The first-order chi connectivity index (χ1) is 22.5. The highest BCUT2D eigenvalue weighted by atomic mass is 16.5. The maximum absolute atomic E-state index is 11.6. The molecular formula is C36H25N5O5. The highest BCUT2D eigenvalue weighted by Gasteiger charge is 2.15. The van der Waals surface area contributed by atoms with Gasteiger partial charge in [0.25, 0.3) is 0 Å². The van der Waals surface area contributed by atoms with Gasteiger partial charge in [0.2, 0.25) is 0 Å². The lowest BCUT2D eigenvalue weighted by atomic mass is 9.98. The molecule has 0 unspecified atom stereocenters. The van der Waals surface area contributed by atoms with Crippen molar-refractivity contribution in [1.82, 2.24) is 24.8 Å². The Balaban J connectivity index is 1.29. The van der Waals surface area contributed by atoms with Crippen LogP contribution in [0.1, 0.15) is 5.56 Å². The lowest BCUT2D eigenvalue weighted by Gasteiger charge is -2.10. The molecule has 46 heavy (non-hydrogen) atoms. The molecule has 3 heterocycles. The summed E-state index contributed by atoms with van der Waals surface area (Å²) in [4.78, 5) is 28.4. The van der Waals surface area contributed by atoms with Crippen LogP contribution in [0.5, 0.6) is 5.75 Å². The van der Waals surface area contributed by atoms with E-state index in [0.717, 1.165) is 66.5 Å². The van der Waals surface area contributed by atoms with Gasteiger partial charge in [-0.3, -0.25) is 19.0 Å². The summed E-state index contributed by atoms with van der Waals surface area (Å²) in [5.41, 5.74) is 8.78. The van der Waals surface area contributed by atoms with E-state index in [1.165, 1.54) is 0 Å². The summed E-state index contributed by atoms with van der Waals surface area (Å²) in [6.45, 7) is 0.653. The third kappa shape index (κ3) is 4.87. The predicted molar refractivity (Wildman–Crippen MR) is 175 cm³/mol. The number of ether oxygens (including phenoxy) is 1. The molecular weight excluding hydrogens is 582 g/mol. The van der Waals surface area contributed by atoms with Gasteiger partial charge in [-0.1, -0.05) is 71.0 Å². The van der Waals surface area contributed by atoms with Crippen molar-refractivity contribution in [2.75, 3.05) is 7.11 Å². The van der Waals surface area contributed by atoms with E-state index in [9.17, 15) is 9.59 Å². The van der Waals surface area contributed by atoms with E-state index < -0.39 is 11.5 Å². The van der Waals surface area contributed by atoms with Crippen molar-refractivity contribution in [2.24, 2.45) is 0 Å². The molecule has 0 aliphatic carbocycles. The van der Waals surface area contributed by atoms with Crippen molar-refractivity contribution in [3.63, 3.8) is 0 Å². The Kier molecular flexibility index (Phi) is 6.46. The van der Waals surface area contributed by atoms with Gasteiger partial charge in [-0.15, -0.1) is 0 Å². The minimum absolute atomic E-state index is 0.379. The molecule has 0 aliphatic rings. The van der Waals surface area contributed by atoms with Crippen molar-refractivity contribution < 1.29 is 13.8 Å². The van der Waals surface area contributed by atoms with Gasteiger partial charge >= 0.3 is 11.5 Å². The molecule has 5 aromatic carbocycles. The van der Waals surface area contributed by atoms with E-state index >= 15 is 0 Å². The molecule has 2 N–H and O–H groups in total. The molecule has 0 bridgehead atoms. The number of methoxy groups -OCH3 is 1. The van der Waals surface area contributed by atoms with Crippen molar-refractivity contribution in [2.45, 2.75) is 6.54 Å². The van der Waals surface area contributed by atoms with E-state index in [-0.39, 0.29) is 0 Å². The zero-order valence-electron chi connectivity index (χ0n) is 24.5. The fourth-order valence-electron chi connectivity index (χ4n) is 5.99. The molecule has 0 atom stereocenters. The topological polar surface area (TPSA) is 132 Å². The summed E-state index contributed by atoms with van der Waals surface area (Å²) < 4.78 is 17.3. The maximum atomic E-state index is 11.6. The summed E-state index contributed by atoms with van der Waals surface area (Å²) in [6, 6.07) is 36.7. The second kappa shape index (κ2) is 10.9. The number of benzene rings is 5. The Bertz CT molecular complexity index is 2370. The highest BCUT2D eigenvalue weighted by Crippen LogP contribution is 2.37. The Morgan fingerprint density at radius 3 is 1.61 bits per heavy atom. The molecule has 0 spiro atoms. The van der Waals surface area contributed by atoms with Gasteiger partial charge in [-0.05, 0) is 76.3 Å². The molecule has 0 saturated carbocycles. The van der Waals surface area contributed by atoms with Crippen LogP contribution >= 0.6 is 0 Å². The number of aromatic amines is 2. The zero-order chi connectivity index (χ0) is 31.2. The summed E-state index contributed by atoms with van der Waals surface area (Å²) in [6.07, 6.45) is 0. The summed E-state index contributed by atoms with van der Waals surface area (Å²) in [7, 11) is 1.67. The van der Waals surface area contributed by atoms with E-state index in [1.807, 2.05) is 60.7 Å². The standard InChI is InChI=1S/C36H25N5O5/c1-44-28-10-2-5-21(15-28)20-41-31-13-11-24(22-6-3-8-26(16-22)33-37-35(42)45-39-33)18-29(31)30-19-25(12-14-32(30)41)23-7-4-9-27(17-23)34-38-36(43)46-40-34/h2-19H,20H2,1H3,(H,37,39,42)(H,38,40,43). The molecule has 0 fully saturated rings. The van der Waals surface area contributed by atoms with Crippen LogP contribution in [0.4, 0.5) is 0 Å². The molecule has 10 nitrogen and oxygen atoms in total. The Labute approximate surface area is 260 Å². The number of nitrogens with one attached hydrogen (secondary N) is 2. The van der Waals surface area contributed by atoms with Gasteiger partial charge in [0, 0.05) is 39.5 Å². The Hall–Kier alpha value is -6.42. The molecule has 0 amide bonds. The fraction of sp³-hybridized carbons (Fsp3) is 0.0556. The minimum Gasteiger partial charge on any atom is -0.497 e. The van der Waals surface area contributed by atoms with E-state index in [2.05, 4.69) is 73.4 Å². The predicted octanol–water partition coefficient (Wildman–Crippen LogP) is 6.87. The zero-order valence-corrected chi connectivity index (χ0v) is 24.5. The van der Waals surface area contributed by atoms with Crippen molar-refractivity contribution in [3.8, 4) is 50.8 Å². The smallest absolute Gasteiger partial charge is 0.439 e. The molecule has 8 rings (SSSR count). The molecule has 0 aliphatic heterocycles. The number of nitrogens with zero attached hydrogens (tertiary/aromatic N) is 3. The Morgan fingerprint density at radius 1 is 0.609 bits per heavy atom. The van der Waals surface area contributed by atoms with Gasteiger partial charge in [-0.25, -0.2) is 9.59 Å². The van der Waals surface area contributed by atoms with Crippen LogP contribution in [0.25, 0.3) is 66.8 Å². The third-order valence-electron chi connectivity index (χ3n) is 8.16. The Morgan fingerprint density at radius 2 is 1.11 bits per heavy atom. The van der Waals surface area contributed by atoms with Crippen molar-refractivity contribution in [1.29, 1.82) is 0 Å². The number of hydrogen-bond donors (Lipinski definition) is 2. The van der Waals surface area contributed by atoms with Crippen LogP contribution in [0, 0.1) is 0 Å². The molecule has 8 aromatic rings. The molecule has 3 aromatic heterocycles. The average molecular weight is 608 g/mol. The number of hydrogen-bond acceptors (Lipinski definition) is 7. The van der Waals surface area contributed by atoms with E-state index in [4.69, 9.17) is 13.8 Å². The first-order valence-corrected chi connectivity index (χ1v) is 14.5. The lowest BCUT2D eigenvalue weighted by Crippen LogP contribution is -1.99. The molecule has 0 saturated heterocycles. The monoisotopic (exact) mass is 607 g/mol. The number of aromatic nitrogens is 5. The number of fused-ring (bicyclic) bond motifs is 3. The number of H-pyrrole nitrogens is 2. The largest absolute Gasteiger partial charge is 0.497 e. The lowest BCUT2D eigenvalue weighted by molar-refractivity contribution is 0.388. The van der Waals surface area contributed by atoms with E-state index in [0.29, 0.717) is 18.2 Å². The number of rotatable bonds is 7. The van der Waals surface area contributed by atoms with Crippen LogP contribution in [-0.4, -0.2) is 32.0 Å². The second-order valence-electron chi connectivity index (χ2n) is 11.0. The summed E-state index contributed by atoms with van der Waals surface area (Å²) >= 11 is 0. The maximum Gasteiger partial charge on any atom is 0.439 e. The second-order valence-corrected chi connectivity index (χ2v) is 11.0. The molecule has 0 radical (unpaired) electrons. The molecule has 224 valence electrons. The van der Waals surface area contributed by atoms with Crippen LogP contribution in [0.2, 0.25) is 0 Å². The van der Waals surface area contributed by atoms with Crippen molar-refractivity contribution in [3.05, 3.63) is 136 Å².